The summed E-state index contributed by atoms with van der Waals surface area (Å²) in [5, 5.41) is 4.78. The smallest absolute Gasteiger partial charge is 0.428 e. The number of nitrogens with zero attached hydrogens (tertiary/aromatic N) is 1. The van der Waals surface area contributed by atoms with E-state index in [4.69, 9.17) is 4.42 Å². The molecule has 3 aromatic rings. The van der Waals surface area contributed by atoms with Crippen molar-refractivity contribution in [1.29, 1.82) is 0 Å². The highest BCUT2D eigenvalue weighted by molar-refractivity contribution is 5.98. The normalized spacial score (nSPS) is 11.3. The van der Waals surface area contributed by atoms with E-state index in [2.05, 4.69) is 20.4 Å². The number of hydrogen-bond acceptors (Lipinski definition) is 4. The maximum absolute atomic E-state index is 12.8. The summed E-state index contributed by atoms with van der Waals surface area (Å²) in [5.41, 5.74) is 0.986. The van der Waals surface area contributed by atoms with Gasteiger partial charge >= 0.3 is 24.6 Å². The summed E-state index contributed by atoms with van der Waals surface area (Å²) in [5.74, 6) is -0.0196. The number of ether oxygens (including phenoxy) is 1. The Hall–Kier alpha value is -3.56. The SMILES string of the molecule is O=C(Nc1ccc(OC(F)(F)C(F)F)cc1)Nc1ncc(-c2ccccc2)o1. The molecule has 3 rings (SSSR count). The minimum atomic E-state index is -4.60. The number of benzene rings is 2. The standard InChI is InChI=1S/C18H13F4N3O3/c19-15(20)18(21,22)28-13-8-6-12(7-9-13)24-16(26)25-17-23-10-14(27-17)11-4-2-1-3-5-11/h1-10,15H,(H2,23,24,25,26). The van der Waals surface area contributed by atoms with Crippen LogP contribution >= 0.6 is 0 Å². The van der Waals surface area contributed by atoms with Gasteiger partial charge in [-0.2, -0.15) is 17.6 Å². The van der Waals surface area contributed by atoms with Gasteiger partial charge in [-0.05, 0) is 24.3 Å². The molecule has 2 N–H and O–H groups in total. The van der Waals surface area contributed by atoms with Crippen LogP contribution in [0.3, 0.4) is 0 Å². The van der Waals surface area contributed by atoms with Gasteiger partial charge in [0.1, 0.15) is 5.75 Å². The van der Waals surface area contributed by atoms with Crippen LogP contribution in [-0.4, -0.2) is 23.5 Å². The molecule has 0 saturated heterocycles. The molecule has 0 aliphatic rings. The lowest BCUT2D eigenvalue weighted by atomic mass is 10.2. The van der Waals surface area contributed by atoms with E-state index in [1.165, 1.54) is 18.3 Å². The maximum Gasteiger partial charge on any atom is 0.461 e. The van der Waals surface area contributed by atoms with Crippen LogP contribution in [0.4, 0.5) is 34.1 Å². The minimum Gasteiger partial charge on any atom is -0.428 e. The third kappa shape index (κ3) is 4.78. The van der Waals surface area contributed by atoms with Crippen molar-refractivity contribution in [2.24, 2.45) is 0 Å². The number of hydrogen-bond donors (Lipinski definition) is 2. The van der Waals surface area contributed by atoms with Gasteiger partial charge in [0.05, 0.1) is 6.20 Å². The molecule has 10 heteroatoms. The number of alkyl halides is 4. The van der Waals surface area contributed by atoms with Gasteiger partial charge < -0.3 is 14.5 Å². The molecular formula is C18H13F4N3O3. The zero-order valence-corrected chi connectivity index (χ0v) is 14.0. The summed E-state index contributed by atoms with van der Waals surface area (Å²) >= 11 is 0. The number of nitrogens with one attached hydrogen (secondary N) is 2. The van der Waals surface area contributed by atoms with Gasteiger partial charge in [-0.25, -0.2) is 9.78 Å². The molecule has 2 aromatic carbocycles. The molecule has 0 atom stereocenters. The molecule has 0 radical (unpaired) electrons. The van der Waals surface area contributed by atoms with Crippen molar-refractivity contribution in [2.75, 3.05) is 10.6 Å². The largest absolute Gasteiger partial charge is 0.461 e. The van der Waals surface area contributed by atoms with Gasteiger partial charge in [-0.15, -0.1) is 0 Å². The lowest BCUT2D eigenvalue weighted by Gasteiger charge is -2.16. The molecule has 146 valence electrons. The van der Waals surface area contributed by atoms with Crippen molar-refractivity contribution < 1.29 is 31.5 Å². The predicted octanol–water partition coefficient (Wildman–Crippen LogP) is 5.22. The van der Waals surface area contributed by atoms with Crippen molar-refractivity contribution in [3.05, 3.63) is 60.8 Å². The lowest BCUT2D eigenvalue weighted by molar-refractivity contribution is -0.253. The molecule has 2 amide bonds. The topological polar surface area (TPSA) is 76.4 Å². The third-order valence-corrected chi connectivity index (χ3v) is 3.40. The second-order valence-corrected chi connectivity index (χ2v) is 5.46. The Labute approximate surface area is 156 Å². The highest BCUT2D eigenvalue weighted by Gasteiger charge is 2.43. The number of aromatic nitrogens is 1. The number of carbonyl (C=O) groups is 1. The molecule has 0 bridgehead atoms. The van der Waals surface area contributed by atoms with Crippen LogP contribution in [0.1, 0.15) is 0 Å². The van der Waals surface area contributed by atoms with E-state index in [1.807, 2.05) is 30.3 Å². The summed E-state index contributed by atoms with van der Waals surface area (Å²) in [6.07, 6.45) is -7.12. The van der Waals surface area contributed by atoms with Crippen molar-refractivity contribution in [1.82, 2.24) is 4.98 Å². The first-order valence-corrected chi connectivity index (χ1v) is 7.88. The molecule has 28 heavy (non-hydrogen) atoms. The van der Waals surface area contributed by atoms with E-state index in [1.54, 1.807) is 0 Å². The quantitative estimate of drug-likeness (QED) is 0.561. The lowest BCUT2D eigenvalue weighted by Crippen LogP contribution is -2.33. The number of urea groups is 1. The van der Waals surface area contributed by atoms with E-state index in [0.29, 0.717) is 5.76 Å². The Morgan fingerprint density at radius 3 is 2.36 bits per heavy atom. The number of anilines is 2. The number of amides is 2. The molecule has 1 aromatic heterocycles. The van der Waals surface area contributed by atoms with Gasteiger partial charge in [0.25, 0.3) is 0 Å². The summed E-state index contributed by atoms with van der Waals surface area (Å²) in [7, 11) is 0. The van der Waals surface area contributed by atoms with Crippen molar-refractivity contribution in [2.45, 2.75) is 12.5 Å². The number of oxazole rings is 1. The molecule has 0 aliphatic heterocycles. The summed E-state index contributed by atoms with van der Waals surface area (Å²) < 4.78 is 59.2. The second kappa shape index (κ2) is 7.99. The van der Waals surface area contributed by atoms with Crippen LogP contribution in [0.5, 0.6) is 5.75 Å². The van der Waals surface area contributed by atoms with Crippen LogP contribution < -0.4 is 15.4 Å². The highest BCUT2D eigenvalue weighted by Crippen LogP contribution is 2.28. The molecule has 6 nitrogen and oxygen atoms in total. The first-order chi connectivity index (χ1) is 13.3. The molecule has 0 fully saturated rings. The zero-order chi connectivity index (χ0) is 20.1. The minimum absolute atomic E-state index is 0.0483. The van der Waals surface area contributed by atoms with Crippen LogP contribution in [-0.2, 0) is 0 Å². The monoisotopic (exact) mass is 395 g/mol. The molecule has 0 saturated carbocycles. The average Bonchev–Trinajstić information content (AvgIpc) is 3.12. The Kier molecular flexibility index (Phi) is 5.48. The van der Waals surface area contributed by atoms with Crippen molar-refractivity contribution in [3.8, 4) is 17.1 Å². The molecule has 0 unspecified atom stereocenters. The predicted molar refractivity (Wildman–Crippen MR) is 92.6 cm³/mol. The van der Waals surface area contributed by atoms with E-state index in [0.717, 1.165) is 17.7 Å². The number of halogens is 4. The molecular weight excluding hydrogens is 382 g/mol. The van der Waals surface area contributed by atoms with Gasteiger partial charge in [0.15, 0.2) is 5.76 Å². The first-order valence-electron chi connectivity index (χ1n) is 7.88. The van der Waals surface area contributed by atoms with Gasteiger partial charge in [0, 0.05) is 11.3 Å². The fourth-order valence-electron chi connectivity index (χ4n) is 2.14. The van der Waals surface area contributed by atoms with E-state index in [-0.39, 0.29) is 11.7 Å². The van der Waals surface area contributed by atoms with Crippen LogP contribution in [0, 0.1) is 0 Å². The van der Waals surface area contributed by atoms with E-state index < -0.39 is 24.3 Å². The fraction of sp³-hybridized carbons (Fsp3) is 0.111. The Morgan fingerprint density at radius 2 is 1.71 bits per heavy atom. The van der Waals surface area contributed by atoms with Crippen molar-refractivity contribution in [3.63, 3.8) is 0 Å². The van der Waals surface area contributed by atoms with Crippen LogP contribution in [0.25, 0.3) is 11.3 Å². The van der Waals surface area contributed by atoms with Crippen molar-refractivity contribution >= 4 is 17.7 Å². The number of rotatable bonds is 6. The van der Waals surface area contributed by atoms with Crippen LogP contribution in [0.2, 0.25) is 0 Å². The molecule has 1 heterocycles. The summed E-state index contributed by atoms with van der Waals surface area (Å²) in [6, 6.07) is 12.8. The average molecular weight is 395 g/mol. The third-order valence-electron chi connectivity index (χ3n) is 3.40. The van der Waals surface area contributed by atoms with Gasteiger partial charge in [-0.3, -0.25) is 5.32 Å². The first kappa shape index (κ1) is 19.2. The van der Waals surface area contributed by atoms with Gasteiger partial charge in [0.2, 0.25) is 0 Å². The summed E-state index contributed by atoms with van der Waals surface area (Å²) in [4.78, 5) is 15.9. The highest BCUT2D eigenvalue weighted by atomic mass is 19.3. The Morgan fingerprint density at radius 1 is 1.04 bits per heavy atom. The zero-order valence-electron chi connectivity index (χ0n) is 14.0. The number of carbonyl (C=O) groups excluding carboxylic acids is 1. The van der Waals surface area contributed by atoms with E-state index in [9.17, 15) is 22.4 Å². The van der Waals surface area contributed by atoms with Crippen LogP contribution in [0.15, 0.2) is 65.2 Å². The fourth-order valence-corrected chi connectivity index (χ4v) is 2.14. The van der Waals surface area contributed by atoms with Gasteiger partial charge in [-0.1, -0.05) is 30.3 Å². The molecule has 0 spiro atoms. The summed E-state index contributed by atoms with van der Waals surface area (Å²) in [6.45, 7) is 0. The Balaban J connectivity index is 1.57. The molecule has 0 aliphatic carbocycles. The Bertz CT molecular complexity index is 931. The second-order valence-electron chi connectivity index (χ2n) is 5.46. The van der Waals surface area contributed by atoms with E-state index >= 15 is 0 Å². The maximum atomic E-state index is 12.8.